The van der Waals surface area contributed by atoms with E-state index in [1.165, 1.54) is 11.3 Å². The van der Waals surface area contributed by atoms with Gasteiger partial charge in [-0.2, -0.15) is 0 Å². The number of nitrogens with one attached hydrogen (secondary N) is 1. The monoisotopic (exact) mass is 339 g/mol. The molecule has 0 aliphatic heterocycles. The summed E-state index contributed by atoms with van der Waals surface area (Å²) < 4.78 is 7.40. The summed E-state index contributed by atoms with van der Waals surface area (Å²) in [6, 6.07) is 9.98. The van der Waals surface area contributed by atoms with Crippen molar-refractivity contribution in [2.45, 2.75) is 19.4 Å². The van der Waals surface area contributed by atoms with Gasteiger partial charge in [0.2, 0.25) is 0 Å². The number of para-hydroxylation sites is 1. The first kappa shape index (κ1) is 14.9. The van der Waals surface area contributed by atoms with Crippen LogP contribution < -0.4 is 5.32 Å². The van der Waals surface area contributed by atoms with E-state index in [-0.39, 0.29) is 6.04 Å². The molecule has 2 aromatic heterocycles. The maximum atomic E-state index is 6.35. The van der Waals surface area contributed by atoms with Crippen LogP contribution in [-0.4, -0.2) is 7.05 Å². The summed E-state index contributed by atoms with van der Waals surface area (Å²) in [5, 5.41) is 4.46. The average Bonchev–Trinajstić information content (AvgIpc) is 3.01. The minimum atomic E-state index is -0.0279. The van der Waals surface area contributed by atoms with E-state index < -0.39 is 0 Å². The highest BCUT2D eigenvalue weighted by molar-refractivity contribution is 7.20. The molecule has 2 heterocycles. The molecule has 0 bridgehead atoms. The van der Waals surface area contributed by atoms with Crippen LogP contribution >= 0.6 is 34.5 Å². The SMILES string of the molecule is CCc1oc2ccccc2c1C(NC)c1cc(Cl)sc1Cl. The average molecular weight is 340 g/mol. The van der Waals surface area contributed by atoms with Crippen LogP contribution in [0.15, 0.2) is 34.7 Å². The standard InChI is InChI=1S/C16H15Cl2NOS/c1-3-11-14(9-6-4-5-7-12(9)20-11)15(19-2)10-8-13(17)21-16(10)18/h4-8,15,19H,3H2,1-2H3. The Morgan fingerprint density at radius 3 is 2.67 bits per heavy atom. The molecule has 1 N–H and O–H groups in total. The Balaban J connectivity index is 2.23. The number of fused-ring (bicyclic) bond motifs is 1. The zero-order valence-corrected chi connectivity index (χ0v) is 14.1. The van der Waals surface area contributed by atoms with Crippen molar-refractivity contribution in [2.24, 2.45) is 0 Å². The zero-order valence-electron chi connectivity index (χ0n) is 11.7. The second kappa shape index (κ2) is 6.01. The molecule has 21 heavy (non-hydrogen) atoms. The highest BCUT2D eigenvalue weighted by atomic mass is 35.5. The lowest BCUT2D eigenvalue weighted by Gasteiger charge is -2.16. The molecule has 1 aromatic carbocycles. The first-order chi connectivity index (χ1) is 10.2. The van der Waals surface area contributed by atoms with Gasteiger partial charge in [0.05, 0.1) is 14.7 Å². The molecule has 3 aromatic rings. The Labute approximate surface area is 137 Å². The van der Waals surface area contributed by atoms with E-state index >= 15 is 0 Å². The van der Waals surface area contributed by atoms with Crippen LogP contribution in [0, 0.1) is 0 Å². The van der Waals surface area contributed by atoms with E-state index in [1.54, 1.807) is 0 Å². The summed E-state index contributed by atoms with van der Waals surface area (Å²) in [7, 11) is 1.92. The largest absolute Gasteiger partial charge is 0.461 e. The van der Waals surface area contributed by atoms with Gasteiger partial charge in [-0.1, -0.05) is 48.3 Å². The van der Waals surface area contributed by atoms with Crippen LogP contribution in [0.4, 0.5) is 0 Å². The zero-order chi connectivity index (χ0) is 15.0. The molecule has 1 atom stereocenters. The topological polar surface area (TPSA) is 25.2 Å². The molecule has 0 fully saturated rings. The minimum absolute atomic E-state index is 0.0279. The van der Waals surface area contributed by atoms with Gasteiger partial charge in [0.1, 0.15) is 11.3 Å². The Hall–Kier alpha value is -1.00. The lowest BCUT2D eigenvalue weighted by molar-refractivity contribution is 0.539. The van der Waals surface area contributed by atoms with E-state index in [0.717, 1.165) is 34.3 Å². The van der Waals surface area contributed by atoms with Crippen molar-refractivity contribution in [3.05, 3.63) is 55.9 Å². The van der Waals surface area contributed by atoms with E-state index in [4.69, 9.17) is 27.6 Å². The number of furan rings is 1. The van der Waals surface area contributed by atoms with Crippen LogP contribution in [0.3, 0.4) is 0 Å². The minimum Gasteiger partial charge on any atom is -0.461 e. The van der Waals surface area contributed by atoms with Gasteiger partial charge in [-0.3, -0.25) is 0 Å². The van der Waals surface area contributed by atoms with Gasteiger partial charge >= 0.3 is 0 Å². The Kier molecular flexibility index (Phi) is 4.27. The first-order valence-electron chi connectivity index (χ1n) is 6.78. The molecule has 0 aliphatic carbocycles. The molecule has 0 amide bonds. The maximum Gasteiger partial charge on any atom is 0.134 e. The Morgan fingerprint density at radius 2 is 2.05 bits per heavy atom. The Morgan fingerprint density at radius 1 is 1.29 bits per heavy atom. The third kappa shape index (κ3) is 2.59. The van der Waals surface area contributed by atoms with Crippen LogP contribution in [-0.2, 0) is 6.42 Å². The molecule has 0 radical (unpaired) electrons. The van der Waals surface area contributed by atoms with Crippen molar-refractivity contribution in [2.75, 3.05) is 7.05 Å². The second-order valence-electron chi connectivity index (χ2n) is 4.79. The van der Waals surface area contributed by atoms with Crippen LogP contribution in [0.5, 0.6) is 0 Å². The number of hydrogen-bond acceptors (Lipinski definition) is 3. The van der Waals surface area contributed by atoms with Gasteiger partial charge in [0.25, 0.3) is 0 Å². The molecule has 0 aliphatic rings. The molecular weight excluding hydrogens is 325 g/mol. The lowest BCUT2D eigenvalue weighted by atomic mass is 9.97. The molecule has 5 heteroatoms. The van der Waals surface area contributed by atoms with Crippen LogP contribution in [0.1, 0.15) is 29.9 Å². The highest BCUT2D eigenvalue weighted by Crippen LogP contribution is 2.41. The number of hydrogen-bond donors (Lipinski definition) is 1. The van der Waals surface area contributed by atoms with Crippen molar-refractivity contribution in [3.8, 4) is 0 Å². The summed E-state index contributed by atoms with van der Waals surface area (Å²) >= 11 is 13.8. The van der Waals surface area contributed by atoms with Crippen LogP contribution in [0.25, 0.3) is 11.0 Å². The number of thiophene rings is 1. The second-order valence-corrected chi connectivity index (χ2v) is 7.08. The molecule has 2 nitrogen and oxygen atoms in total. The fourth-order valence-corrected chi connectivity index (χ4v) is 4.23. The van der Waals surface area contributed by atoms with Gasteiger partial charge in [0, 0.05) is 22.9 Å². The quantitative estimate of drug-likeness (QED) is 0.662. The Bertz CT molecular complexity index is 778. The van der Waals surface area contributed by atoms with Gasteiger partial charge in [-0.25, -0.2) is 0 Å². The molecule has 1 unspecified atom stereocenters. The summed E-state index contributed by atoms with van der Waals surface area (Å²) in [5.41, 5.74) is 3.05. The fraction of sp³-hybridized carbons (Fsp3) is 0.250. The van der Waals surface area contributed by atoms with Gasteiger partial charge in [0.15, 0.2) is 0 Å². The van der Waals surface area contributed by atoms with E-state index in [2.05, 4.69) is 18.3 Å². The molecule has 3 rings (SSSR count). The molecular formula is C16H15Cl2NOS. The van der Waals surface area contributed by atoms with E-state index in [0.29, 0.717) is 8.67 Å². The van der Waals surface area contributed by atoms with Crippen molar-refractivity contribution in [1.82, 2.24) is 5.32 Å². The normalized spacial score (nSPS) is 13.0. The number of benzene rings is 1. The summed E-state index contributed by atoms with van der Waals surface area (Å²) in [6.45, 7) is 2.09. The lowest BCUT2D eigenvalue weighted by Crippen LogP contribution is -2.18. The highest BCUT2D eigenvalue weighted by Gasteiger charge is 2.25. The third-order valence-corrected chi connectivity index (χ3v) is 5.12. The molecule has 0 spiro atoms. The predicted octanol–water partition coefficient (Wildman–Crippen LogP) is 5.67. The van der Waals surface area contributed by atoms with Gasteiger partial charge < -0.3 is 9.73 Å². The van der Waals surface area contributed by atoms with Gasteiger partial charge in [-0.15, -0.1) is 11.3 Å². The summed E-state index contributed by atoms with van der Waals surface area (Å²) in [5.74, 6) is 0.980. The smallest absolute Gasteiger partial charge is 0.134 e. The van der Waals surface area contributed by atoms with Crippen molar-refractivity contribution < 1.29 is 4.42 Å². The van der Waals surface area contributed by atoms with Crippen molar-refractivity contribution >= 4 is 45.5 Å². The van der Waals surface area contributed by atoms with Gasteiger partial charge in [-0.05, 0) is 19.2 Å². The van der Waals surface area contributed by atoms with E-state index in [1.807, 2.05) is 31.3 Å². The first-order valence-corrected chi connectivity index (χ1v) is 8.35. The molecule has 0 saturated carbocycles. The number of halogens is 2. The third-order valence-electron chi connectivity index (χ3n) is 3.60. The van der Waals surface area contributed by atoms with Crippen LogP contribution in [0.2, 0.25) is 8.67 Å². The van der Waals surface area contributed by atoms with E-state index in [9.17, 15) is 0 Å². The molecule has 110 valence electrons. The van der Waals surface area contributed by atoms with Crippen molar-refractivity contribution in [3.63, 3.8) is 0 Å². The molecule has 0 saturated heterocycles. The summed E-state index contributed by atoms with van der Waals surface area (Å²) in [6.07, 6.45) is 0.831. The fourth-order valence-electron chi connectivity index (χ4n) is 2.70. The maximum absolute atomic E-state index is 6.35. The van der Waals surface area contributed by atoms with Crippen molar-refractivity contribution in [1.29, 1.82) is 0 Å². The predicted molar refractivity (Wildman–Crippen MR) is 90.8 cm³/mol. The number of aryl methyl sites for hydroxylation is 1. The number of rotatable bonds is 4. The summed E-state index contributed by atoms with van der Waals surface area (Å²) in [4.78, 5) is 0.